The smallest absolute Gasteiger partial charge is 0.137 e. The zero-order valence-corrected chi connectivity index (χ0v) is 12.2. The van der Waals surface area contributed by atoms with Gasteiger partial charge in [-0.25, -0.2) is 4.98 Å². The Balaban J connectivity index is 2.30. The van der Waals surface area contributed by atoms with Crippen LogP contribution in [0.3, 0.4) is 0 Å². The monoisotopic (exact) mass is 285 g/mol. The molecule has 0 aliphatic heterocycles. The van der Waals surface area contributed by atoms with Crippen molar-refractivity contribution in [2.45, 2.75) is 19.3 Å². The Morgan fingerprint density at radius 1 is 1.29 bits per heavy atom. The van der Waals surface area contributed by atoms with Crippen LogP contribution in [0.4, 0.5) is 0 Å². The summed E-state index contributed by atoms with van der Waals surface area (Å²) in [6.07, 6.45) is 4.14. The van der Waals surface area contributed by atoms with Gasteiger partial charge in [-0.1, -0.05) is 42.4 Å². The molecule has 0 radical (unpaired) electrons. The minimum Gasteiger partial charge on any atom is -0.256 e. The van der Waals surface area contributed by atoms with Crippen LogP contribution in [0.15, 0.2) is 30.9 Å². The summed E-state index contributed by atoms with van der Waals surface area (Å²) in [5, 5.41) is 6.75. The van der Waals surface area contributed by atoms with Crippen molar-refractivity contribution in [1.29, 1.82) is 0 Å². The second kappa shape index (κ2) is 4.80. The lowest BCUT2D eigenvalue weighted by Gasteiger charge is -2.23. The molecule has 0 amide bonds. The van der Waals surface area contributed by atoms with Crippen LogP contribution >= 0.6 is 23.2 Å². The van der Waals surface area contributed by atoms with E-state index < -0.39 is 8.07 Å². The molecule has 0 N–H and O–H groups in total. The third-order valence-electron chi connectivity index (χ3n) is 2.68. The molecule has 0 aliphatic rings. The first kappa shape index (κ1) is 12.6. The van der Waals surface area contributed by atoms with Crippen LogP contribution in [-0.2, 0) is 6.17 Å². The van der Waals surface area contributed by atoms with E-state index >= 15 is 0 Å². The van der Waals surface area contributed by atoms with E-state index in [1.54, 1.807) is 18.7 Å². The van der Waals surface area contributed by atoms with Crippen LogP contribution < -0.4 is 5.19 Å². The van der Waals surface area contributed by atoms with Crippen LogP contribution in [0.2, 0.25) is 23.1 Å². The Morgan fingerprint density at radius 2 is 2.06 bits per heavy atom. The third kappa shape index (κ3) is 2.88. The highest BCUT2D eigenvalue weighted by molar-refractivity contribution is 6.90. The molecular weight excluding hydrogens is 273 g/mol. The largest absolute Gasteiger partial charge is 0.256 e. The molecule has 2 rings (SSSR count). The van der Waals surface area contributed by atoms with Crippen molar-refractivity contribution in [2.24, 2.45) is 0 Å². The summed E-state index contributed by atoms with van der Waals surface area (Å²) in [4.78, 5) is 3.96. The zero-order valence-electron chi connectivity index (χ0n) is 9.69. The summed E-state index contributed by atoms with van der Waals surface area (Å²) in [7, 11) is -1.68. The SMILES string of the molecule is C[Si](C)(Cn1cncn1)c1ccc(Cl)cc1Cl. The van der Waals surface area contributed by atoms with Crippen molar-refractivity contribution in [3.8, 4) is 0 Å². The van der Waals surface area contributed by atoms with E-state index in [2.05, 4.69) is 23.2 Å². The standard InChI is InChI=1S/C11H13Cl2N3Si/c1-17(2,8-16-7-14-6-15-16)11-4-3-9(12)5-10(11)13/h3-7H,8H2,1-2H3. The molecule has 0 atom stereocenters. The molecule has 17 heavy (non-hydrogen) atoms. The van der Waals surface area contributed by atoms with Crippen LogP contribution in [0, 0.1) is 0 Å². The van der Waals surface area contributed by atoms with E-state index in [9.17, 15) is 0 Å². The molecule has 6 heteroatoms. The number of nitrogens with zero attached hydrogens (tertiary/aromatic N) is 3. The summed E-state index contributed by atoms with van der Waals surface area (Å²) >= 11 is 12.2. The average molecular weight is 286 g/mol. The number of hydrogen-bond acceptors (Lipinski definition) is 2. The van der Waals surface area contributed by atoms with Crippen LogP contribution in [0.1, 0.15) is 0 Å². The molecule has 0 unspecified atom stereocenters. The van der Waals surface area contributed by atoms with Gasteiger partial charge in [-0.3, -0.25) is 4.68 Å². The fourth-order valence-electron chi connectivity index (χ4n) is 1.84. The molecule has 1 heterocycles. The van der Waals surface area contributed by atoms with Crippen molar-refractivity contribution in [2.75, 3.05) is 0 Å². The predicted molar refractivity (Wildman–Crippen MR) is 73.6 cm³/mol. The second-order valence-corrected chi connectivity index (χ2v) is 10.1. The Hall–Kier alpha value is -0.843. The van der Waals surface area contributed by atoms with Gasteiger partial charge in [-0.15, -0.1) is 0 Å². The highest BCUT2D eigenvalue weighted by Gasteiger charge is 2.27. The Morgan fingerprint density at radius 3 is 2.65 bits per heavy atom. The summed E-state index contributed by atoms with van der Waals surface area (Å²) in [6.45, 7) is 4.51. The molecule has 0 fully saturated rings. The average Bonchev–Trinajstić information content (AvgIpc) is 2.68. The number of aromatic nitrogens is 3. The van der Waals surface area contributed by atoms with Gasteiger partial charge in [-0.05, 0) is 17.3 Å². The topological polar surface area (TPSA) is 30.7 Å². The van der Waals surface area contributed by atoms with Gasteiger partial charge in [0.2, 0.25) is 0 Å². The van der Waals surface area contributed by atoms with E-state index in [0.29, 0.717) is 5.02 Å². The van der Waals surface area contributed by atoms with Crippen molar-refractivity contribution in [1.82, 2.24) is 14.8 Å². The van der Waals surface area contributed by atoms with Gasteiger partial charge < -0.3 is 0 Å². The molecule has 0 bridgehead atoms. The molecule has 1 aromatic carbocycles. The van der Waals surface area contributed by atoms with E-state index in [-0.39, 0.29) is 0 Å². The van der Waals surface area contributed by atoms with Crippen molar-refractivity contribution in [3.63, 3.8) is 0 Å². The summed E-state index contributed by atoms with van der Waals surface area (Å²) in [5.41, 5.74) is 0. The minimum absolute atomic E-state index is 0.671. The van der Waals surface area contributed by atoms with Crippen molar-refractivity contribution in [3.05, 3.63) is 40.9 Å². The Labute approximate surface area is 111 Å². The van der Waals surface area contributed by atoms with E-state index in [1.807, 2.05) is 16.8 Å². The van der Waals surface area contributed by atoms with Gasteiger partial charge in [0.05, 0.1) is 0 Å². The van der Waals surface area contributed by atoms with E-state index in [0.717, 1.165) is 11.2 Å². The Kier molecular flexibility index (Phi) is 3.56. The first-order valence-corrected chi connectivity index (χ1v) is 9.23. The van der Waals surface area contributed by atoms with Gasteiger partial charge >= 0.3 is 0 Å². The zero-order chi connectivity index (χ0) is 12.5. The summed E-state index contributed by atoms with van der Waals surface area (Å²) in [5.74, 6) is 0. The molecule has 0 saturated carbocycles. The van der Waals surface area contributed by atoms with Gasteiger partial charge in [-0.2, -0.15) is 5.10 Å². The van der Waals surface area contributed by atoms with Gasteiger partial charge in [0.1, 0.15) is 20.7 Å². The number of benzene rings is 1. The second-order valence-electron chi connectivity index (χ2n) is 4.60. The maximum Gasteiger partial charge on any atom is 0.137 e. The van der Waals surface area contributed by atoms with Crippen molar-refractivity contribution >= 4 is 36.5 Å². The van der Waals surface area contributed by atoms with E-state index in [4.69, 9.17) is 23.2 Å². The number of rotatable bonds is 3. The fraction of sp³-hybridized carbons (Fsp3) is 0.273. The maximum absolute atomic E-state index is 6.26. The first-order chi connectivity index (χ1) is 7.99. The summed E-state index contributed by atoms with van der Waals surface area (Å²) < 4.78 is 1.86. The third-order valence-corrected chi connectivity index (χ3v) is 6.40. The molecule has 2 aromatic rings. The van der Waals surface area contributed by atoms with Crippen molar-refractivity contribution < 1.29 is 0 Å². The molecule has 1 aromatic heterocycles. The highest BCUT2D eigenvalue weighted by Crippen LogP contribution is 2.18. The molecule has 90 valence electrons. The Bertz CT molecular complexity index is 511. The lowest BCUT2D eigenvalue weighted by molar-refractivity contribution is 0.725. The number of halogens is 2. The maximum atomic E-state index is 6.26. The quantitative estimate of drug-likeness (QED) is 0.812. The molecular formula is C11H13Cl2N3Si. The summed E-state index contributed by atoms with van der Waals surface area (Å²) in [6, 6.07) is 5.71. The van der Waals surface area contributed by atoms with Crippen LogP contribution in [0.25, 0.3) is 0 Å². The molecule has 0 saturated heterocycles. The molecule has 0 aliphatic carbocycles. The lowest BCUT2D eigenvalue weighted by atomic mass is 10.4. The van der Waals surface area contributed by atoms with E-state index in [1.165, 1.54) is 5.19 Å². The normalized spacial score (nSPS) is 11.8. The lowest BCUT2D eigenvalue weighted by Crippen LogP contribution is -2.46. The fourth-order valence-corrected chi connectivity index (χ4v) is 5.42. The predicted octanol–water partition coefficient (Wildman–Crippen LogP) is 2.74. The highest BCUT2D eigenvalue weighted by atomic mass is 35.5. The minimum atomic E-state index is -1.68. The van der Waals surface area contributed by atoms with Crippen LogP contribution in [0.5, 0.6) is 0 Å². The first-order valence-electron chi connectivity index (χ1n) is 5.27. The van der Waals surface area contributed by atoms with Crippen LogP contribution in [-0.4, -0.2) is 22.8 Å². The van der Waals surface area contributed by atoms with Gasteiger partial charge in [0.15, 0.2) is 0 Å². The van der Waals surface area contributed by atoms with Gasteiger partial charge in [0.25, 0.3) is 0 Å². The number of hydrogen-bond donors (Lipinski definition) is 0. The molecule has 0 spiro atoms. The van der Waals surface area contributed by atoms with Gasteiger partial charge in [0, 0.05) is 16.2 Å². The molecule has 3 nitrogen and oxygen atoms in total.